The largest absolute Gasteiger partial charge is 0.355 e. The normalized spacial score (nSPS) is 14.1. The molecule has 1 fully saturated rings. The summed E-state index contributed by atoms with van der Waals surface area (Å²) in [5, 5.41) is 0. The van der Waals surface area contributed by atoms with Gasteiger partial charge in [-0.3, -0.25) is 4.57 Å². The highest BCUT2D eigenvalue weighted by atomic mass is 32.1. The van der Waals surface area contributed by atoms with E-state index in [1.807, 2.05) is 36.4 Å². The fraction of sp³-hybridized carbons (Fsp3) is 0.190. The molecule has 0 aliphatic carbocycles. The van der Waals surface area contributed by atoms with Gasteiger partial charge in [-0.2, -0.15) is 0 Å². The minimum atomic E-state index is 0.752. The van der Waals surface area contributed by atoms with Gasteiger partial charge in [0.25, 0.3) is 0 Å². The maximum Gasteiger partial charge on any atom is 0.168 e. The molecule has 4 nitrogen and oxygen atoms in total. The molecule has 0 saturated carbocycles. The van der Waals surface area contributed by atoms with E-state index in [4.69, 9.17) is 22.2 Å². The minimum Gasteiger partial charge on any atom is -0.355 e. The van der Waals surface area contributed by atoms with Crippen LogP contribution in [0.5, 0.6) is 0 Å². The average molecular weight is 391 g/mol. The molecule has 0 amide bonds. The average Bonchev–Trinajstić information content (AvgIpc) is 3.36. The lowest BCUT2D eigenvalue weighted by molar-refractivity contribution is 0.939. The lowest BCUT2D eigenvalue weighted by atomic mass is 10.2. The number of anilines is 1. The van der Waals surface area contributed by atoms with Crippen molar-refractivity contribution in [3.05, 3.63) is 64.6 Å². The van der Waals surface area contributed by atoms with Crippen molar-refractivity contribution in [2.75, 3.05) is 18.0 Å². The van der Waals surface area contributed by atoms with Gasteiger partial charge in [0.15, 0.2) is 21.2 Å². The third-order valence-corrected chi connectivity index (χ3v) is 6.22. The monoisotopic (exact) mass is 390 g/mol. The van der Waals surface area contributed by atoms with Gasteiger partial charge in [-0.25, -0.2) is 9.97 Å². The number of nitrogens with zero attached hydrogens (tertiary/aromatic N) is 4. The number of hydrogen-bond donors (Lipinski definition) is 0. The quantitative estimate of drug-likeness (QED) is 0.434. The van der Waals surface area contributed by atoms with Gasteiger partial charge in [0.1, 0.15) is 4.70 Å². The smallest absolute Gasteiger partial charge is 0.168 e. The first kappa shape index (κ1) is 16.6. The Morgan fingerprint density at radius 3 is 2.22 bits per heavy atom. The van der Waals surface area contributed by atoms with Crippen LogP contribution in [0.1, 0.15) is 12.8 Å². The number of benzene rings is 2. The molecule has 27 heavy (non-hydrogen) atoms. The molecule has 0 radical (unpaired) electrons. The Morgan fingerprint density at radius 2 is 1.52 bits per heavy atom. The van der Waals surface area contributed by atoms with E-state index >= 15 is 0 Å². The Labute approximate surface area is 166 Å². The lowest BCUT2D eigenvalue weighted by Gasteiger charge is -2.18. The molecule has 1 aliphatic rings. The molecule has 0 bridgehead atoms. The fourth-order valence-corrected chi connectivity index (χ4v) is 4.95. The molecule has 5 rings (SSSR count). The van der Waals surface area contributed by atoms with Crippen molar-refractivity contribution >= 4 is 39.7 Å². The zero-order valence-corrected chi connectivity index (χ0v) is 16.3. The summed E-state index contributed by atoms with van der Waals surface area (Å²) < 4.78 is 3.95. The van der Waals surface area contributed by atoms with Gasteiger partial charge in [-0.05, 0) is 37.2 Å². The summed E-state index contributed by atoms with van der Waals surface area (Å²) in [6.45, 7) is 2.08. The molecule has 1 saturated heterocycles. The molecule has 0 spiro atoms. The van der Waals surface area contributed by atoms with E-state index < -0.39 is 0 Å². The van der Waals surface area contributed by atoms with Crippen LogP contribution in [0.3, 0.4) is 0 Å². The van der Waals surface area contributed by atoms with Gasteiger partial charge in [0.05, 0.1) is 0 Å². The van der Waals surface area contributed by atoms with Crippen LogP contribution in [-0.2, 0) is 0 Å². The van der Waals surface area contributed by atoms with Gasteiger partial charge in [-0.1, -0.05) is 59.9 Å². The predicted molar refractivity (Wildman–Crippen MR) is 114 cm³/mol. The van der Waals surface area contributed by atoms with Crippen LogP contribution in [0.25, 0.3) is 27.4 Å². The molecular weight excluding hydrogens is 372 g/mol. The Balaban J connectivity index is 1.81. The first-order chi connectivity index (χ1) is 13.3. The van der Waals surface area contributed by atoms with Gasteiger partial charge in [0.2, 0.25) is 0 Å². The summed E-state index contributed by atoms with van der Waals surface area (Å²) in [6.07, 6.45) is 2.41. The van der Waals surface area contributed by atoms with E-state index in [-0.39, 0.29) is 0 Å². The van der Waals surface area contributed by atoms with Crippen molar-refractivity contribution in [3.63, 3.8) is 0 Å². The second-order valence-corrected chi connectivity index (χ2v) is 8.27. The van der Waals surface area contributed by atoms with Crippen molar-refractivity contribution in [2.24, 2.45) is 0 Å². The number of thiazole rings is 1. The van der Waals surface area contributed by atoms with Crippen molar-refractivity contribution in [1.29, 1.82) is 0 Å². The first-order valence-electron chi connectivity index (χ1n) is 9.11. The van der Waals surface area contributed by atoms with Gasteiger partial charge >= 0.3 is 0 Å². The molecule has 4 aromatic rings. The zero-order chi connectivity index (χ0) is 18.2. The lowest BCUT2D eigenvalue weighted by Crippen LogP contribution is -2.19. The van der Waals surface area contributed by atoms with Crippen LogP contribution in [0.2, 0.25) is 0 Å². The standard InChI is InChI=1S/C21H18N4S2/c26-21-25(16-11-5-2-6-12-16)20-17(27-21)19(24-13-7-8-14-24)22-18(23-20)15-9-3-1-4-10-15/h1-6,9-12H,7-8,13-14H2. The highest BCUT2D eigenvalue weighted by molar-refractivity contribution is 7.73. The summed E-state index contributed by atoms with van der Waals surface area (Å²) in [6, 6.07) is 20.4. The molecule has 6 heteroatoms. The topological polar surface area (TPSA) is 34.0 Å². The molecule has 134 valence electrons. The highest BCUT2D eigenvalue weighted by Gasteiger charge is 2.22. The van der Waals surface area contributed by atoms with E-state index in [1.165, 1.54) is 12.8 Å². The van der Waals surface area contributed by atoms with E-state index in [1.54, 1.807) is 11.3 Å². The molecule has 1 aliphatic heterocycles. The van der Waals surface area contributed by atoms with Gasteiger partial charge in [-0.15, -0.1) is 0 Å². The molecule has 3 heterocycles. The number of hydrogen-bond acceptors (Lipinski definition) is 5. The van der Waals surface area contributed by atoms with E-state index in [0.29, 0.717) is 0 Å². The van der Waals surface area contributed by atoms with Crippen LogP contribution in [0.4, 0.5) is 5.82 Å². The highest BCUT2D eigenvalue weighted by Crippen LogP contribution is 2.35. The predicted octanol–water partition coefficient (Wildman–Crippen LogP) is 5.48. The number of aromatic nitrogens is 3. The molecule has 2 aromatic heterocycles. The van der Waals surface area contributed by atoms with Crippen LogP contribution in [-0.4, -0.2) is 27.6 Å². The summed E-state index contributed by atoms with van der Waals surface area (Å²) >= 11 is 7.33. The Kier molecular flexibility index (Phi) is 4.22. The van der Waals surface area contributed by atoms with Crippen molar-refractivity contribution in [3.8, 4) is 17.1 Å². The Bertz CT molecular complexity index is 1140. The Hall–Kier alpha value is -2.57. The van der Waals surface area contributed by atoms with Crippen molar-refractivity contribution < 1.29 is 0 Å². The van der Waals surface area contributed by atoms with E-state index in [0.717, 1.165) is 50.3 Å². The third-order valence-electron chi connectivity index (χ3n) is 4.87. The molecule has 0 unspecified atom stereocenters. The van der Waals surface area contributed by atoms with Crippen LogP contribution < -0.4 is 4.90 Å². The van der Waals surface area contributed by atoms with Crippen LogP contribution in [0, 0.1) is 3.95 Å². The minimum absolute atomic E-state index is 0.752. The Morgan fingerprint density at radius 1 is 0.852 bits per heavy atom. The summed E-state index contributed by atoms with van der Waals surface area (Å²) in [7, 11) is 0. The SMILES string of the molecule is S=c1sc2c(N3CCCC3)nc(-c3ccccc3)nc2n1-c1ccccc1. The molecule has 2 aromatic carbocycles. The van der Waals surface area contributed by atoms with Crippen molar-refractivity contribution in [1.82, 2.24) is 14.5 Å². The maximum atomic E-state index is 5.72. The maximum absolute atomic E-state index is 5.72. The number of rotatable bonds is 3. The first-order valence-corrected chi connectivity index (χ1v) is 10.3. The molecule has 0 atom stereocenters. The third kappa shape index (κ3) is 2.95. The number of fused-ring (bicyclic) bond motifs is 1. The second-order valence-electron chi connectivity index (χ2n) is 6.62. The van der Waals surface area contributed by atoms with Gasteiger partial charge in [0, 0.05) is 24.3 Å². The zero-order valence-electron chi connectivity index (χ0n) is 14.7. The van der Waals surface area contributed by atoms with E-state index in [9.17, 15) is 0 Å². The summed E-state index contributed by atoms with van der Waals surface area (Å²) in [4.78, 5) is 12.3. The molecule has 0 N–H and O–H groups in total. The molecular formula is C21H18N4S2. The second kappa shape index (κ2) is 6.87. The number of para-hydroxylation sites is 1. The van der Waals surface area contributed by atoms with E-state index in [2.05, 4.69) is 33.7 Å². The summed E-state index contributed by atoms with van der Waals surface area (Å²) in [5.41, 5.74) is 2.96. The summed E-state index contributed by atoms with van der Waals surface area (Å²) in [5.74, 6) is 1.77. The van der Waals surface area contributed by atoms with Crippen LogP contribution >= 0.6 is 23.6 Å². The fourth-order valence-electron chi connectivity index (χ4n) is 3.55. The van der Waals surface area contributed by atoms with Crippen molar-refractivity contribution in [2.45, 2.75) is 12.8 Å². The van der Waals surface area contributed by atoms with Gasteiger partial charge < -0.3 is 4.90 Å². The van der Waals surface area contributed by atoms with Crippen LogP contribution in [0.15, 0.2) is 60.7 Å².